The van der Waals surface area contributed by atoms with E-state index in [1.54, 1.807) is 0 Å². The molecule has 0 atom stereocenters. The maximum atomic E-state index is 11.6. The molecule has 1 fully saturated rings. The summed E-state index contributed by atoms with van der Waals surface area (Å²) in [5.74, 6) is 0.660. The van der Waals surface area contributed by atoms with Gasteiger partial charge in [0.15, 0.2) is 0 Å². The monoisotopic (exact) mass is 293 g/mol. The molecule has 5 heteroatoms. The highest BCUT2D eigenvalue weighted by atomic mass is 32.2. The number of amides is 1. The van der Waals surface area contributed by atoms with Crippen LogP contribution in [0.5, 0.6) is 5.75 Å². The van der Waals surface area contributed by atoms with E-state index in [0.29, 0.717) is 15.8 Å². The first-order chi connectivity index (χ1) is 9.20. The third-order valence-electron chi connectivity index (χ3n) is 2.60. The molecule has 19 heavy (non-hydrogen) atoms. The third kappa shape index (κ3) is 3.81. The van der Waals surface area contributed by atoms with E-state index in [9.17, 15) is 4.79 Å². The standard InChI is InChI=1S/C14H15NO2S2/c1-2-3-8-17-11-7-5-4-6-10(11)9-12-13(16)15-14(18)19-12/h4-7,9H,2-3,8H2,1H3,(H,15,16,18)/b12-9-. The van der Waals surface area contributed by atoms with Crippen LogP contribution in [0, 0.1) is 0 Å². The zero-order valence-corrected chi connectivity index (χ0v) is 12.3. The summed E-state index contributed by atoms with van der Waals surface area (Å²) in [5.41, 5.74) is 0.904. The molecule has 1 saturated heterocycles. The summed E-state index contributed by atoms with van der Waals surface area (Å²) < 4.78 is 6.23. The van der Waals surface area contributed by atoms with E-state index in [-0.39, 0.29) is 5.91 Å². The van der Waals surface area contributed by atoms with Crippen LogP contribution in [0.3, 0.4) is 0 Å². The second kappa shape index (κ2) is 6.73. The molecule has 1 aliphatic rings. The van der Waals surface area contributed by atoms with Gasteiger partial charge < -0.3 is 10.1 Å². The van der Waals surface area contributed by atoms with Gasteiger partial charge in [0.2, 0.25) is 0 Å². The first-order valence-electron chi connectivity index (χ1n) is 6.17. The highest BCUT2D eigenvalue weighted by Gasteiger charge is 2.22. The van der Waals surface area contributed by atoms with Gasteiger partial charge in [-0.1, -0.05) is 55.5 Å². The summed E-state index contributed by atoms with van der Waals surface area (Å²) in [6.45, 7) is 2.81. The van der Waals surface area contributed by atoms with Gasteiger partial charge in [0.25, 0.3) is 5.91 Å². The molecule has 2 rings (SSSR count). The van der Waals surface area contributed by atoms with Crippen LogP contribution in [-0.2, 0) is 4.79 Å². The fourth-order valence-corrected chi connectivity index (χ4v) is 2.66. The smallest absolute Gasteiger partial charge is 0.263 e. The van der Waals surface area contributed by atoms with Crippen molar-refractivity contribution >= 4 is 40.3 Å². The number of benzene rings is 1. The molecule has 1 aliphatic heterocycles. The summed E-state index contributed by atoms with van der Waals surface area (Å²) in [4.78, 5) is 12.2. The van der Waals surface area contributed by atoms with Crippen LogP contribution in [0.25, 0.3) is 6.08 Å². The lowest BCUT2D eigenvalue weighted by Gasteiger charge is -2.08. The van der Waals surface area contributed by atoms with Gasteiger partial charge in [-0.2, -0.15) is 0 Å². The molecule has 0 aromatic heterocycles. The Kier molecular flexibility index (Phi) is 4.99. The Bertz CT molecular complexity index is 526. The van der Waals surface area contributed by atoms with Crippen molar-refractivity contribution in [3.63, 3.8) is 0 Å². The summed E-state index contributed by atoms with van der Waals surface area (Å²) in [6, 6.07) is 7.70. The predicted molar refractivity (Wildman–Crippen MR) is 83.2 cm³/mol. The molecule has 1 aromatic rings. The number of thioether (sulfide) groups is 1. The maximum absolute atomic E-state index is 11.6. The van der Waals surface area contributed by atoms with E-state index in [4.69, 9.17) is 17.0 Å². The zero-order valence-electron chi connectivity index (χ0n) is 10.6. The van der Waals surface area contributed by atoms with Crippen molar-refractivity contribution in [3.8, 4) is 5.75 Å². The van der Waals surface area contributed by atoms with E-state index in [1.807, 2.05) is 30.3 Å². The van der Waals surface area contributed by atoms with E-state index in [2.05, 4.69) is 12.2 Å². The molecule has 0 saturated carbocycles. The Balaban J connectivity index is 2.18. The van der Waals surface area contributed by atoms with Crippen molar-refractivity contribution in [2.24, 2.45) is 0 Å². The normalized spacial score (nSPS) is 16.8. The van der Waals surface area contributed by atoms with Gasteiger partial charge in [-0.3, -0.25) is 4.79 Å². The molecular formula is C14H15NO2S2. The topological polar surface area (TPSA) is 38.3 Å². The third-order valence-corrected chi connectivity index (χ3v) is 3.77. The number of ether oxygens (including phenoxy) is 1. The van der Waals surface area contributed by atoms with Gasteiger partial charge in [0, 0.05) is 5.56 Å². The van der Waals surface area contributed by atoms with Gasteiger partial charge in [0.05, 0.1) is 11.5 Å². The highest BCUT2D eigenvalue weighted by Crippen LogP contribution is 2.29. The van der Waals surface area contributed by atoms with Gasteiger partial charge in [-0.15, -0.1) is 0 Å². The van der Waals surface area contributed by atoms with Crippen molar-refractivity contribution in [1.82, 2.24) is 5.32 Å². The molecule has 100 valence electrons. The lowest BCUT2D eigenvalue weighted by atomic mass is 10.2. The van der Waals surface area contributed by atoms with Crippen molar-refractivity contribution in [2.75, 3.05) is 6.61 Å². The van der Waals surface area contributed by atoms with E-state index in [1.165, 1.54) is 11.8 Å². The molecule has 1 heterocycles. The molecule has 0 radical (unpaired) electrons. The lowest BCUT2D eigenvalue weighted by molar-refractivity contribution is -0.115. The Morgan fingerprint density at radius 1 is 1.42 bits per heavy atom. The van der Waals surface area contributed by atoms with E-state index in [0.717, 1.165) is 24.2 Å². The first kappa shape index (κ1) is 14.1. The van der Waals surface area contributed by atoms with Crippen LogP contribution in [0.15, 0.2) is 29.2 Å². The minimum atomic E-state index is -0.140. The van der Waals surface area contributed by atoms with Crippen LogP contribution in [0.4, 0.5) is 0 Å². The van der Waals surface area contributed by atoms with Crippen LogP contribution in [-0.4, -0.2) is 16.8 Å². The van der Waals surface area contributed by atoms with Crippen LogP contribution in [0.2, 0.25) is 0 Å². The minimum Gasteiger partial charge on any atom is -0.493 e. The largest absolute Gasteiger partial charge is 0.493 e. The van der Waals surface area contributed by atoms with Crippen molar-refractivity contribution < 1.29 is 9.53 Å². The van der Waals surface area contributed by atoms with Crippen molar-refractivity contribution in [3.05, 3.63) is 34.7 Å². The van der Waals surface area contributed by atoms with Crippen molar-refractivity contribution in [1.29, 1.82) is 0 Å². The molecule has 1 aromatic carbocycles. The summed E-state index contributed by atoms with van der Waals surface area (Å²) in [6.07, 6.45) is 3.93. The molecule has 0 unspecified atom stereocenters. The molecule has 1 amide bonds. The Labute approximate surface area is 122 Å². The number of hydrogen-bond acceptors (Lipinski definition) is 4. The Morgan fingerprint density at radius 3 is 2.89 bits per heavy atom. The second-order valence-electron chi connectivity index (χ2n) is 4.09. The maximum Gasteiger partial charge on any atom is 0.263 e. The molecule has 0 aliphatic carbocycles. The Hall–Kier alpha value is -1.33. The minimum absolute atomic E-state index is 0.140. The van der Waals surface area contributed by atoms with Crippen LogP contribution >= 0.6 is 24.0 Å². The SMILES string of the molecule is CCCCOc1ccccc1/C=C1\SC(=S)NC1=O. The fourth-order valence-electron chi connectivity index (χ4n) is 1.62. The van der Waals surface area contributed by atoms with E-state index < -0.39 is 0 Å². The average Bonchev–Trinajstić information content (AvgIpc) is 2.70. The molecule has 0 bridgehead atoms. The van der Waals surface area contributed by atoms with E-state index >= 15 is 0 Å². The summed E-state index contributed by atoms with van der Waals surface area (Å²) >= 11 is 6.25. The lowest BCUT2D eigenvalue weighted by Crippen LogP contribution is -2.17. The molecule has 0 spiro atoms. The number of hydrogen-bond donors (Lipinski definition) is 1. The van der Waals surface area contributed by atoms with Gasteiger partial charge in [-0.05, 0) is 18.6 Å². The Morgan fingerprint density at radius 2 is 2.21 bits per heavy atom. The van der Waals surface area contributed by atoms with Gasteiger partial charge >= 0.3 is 0 Å². The highest BCUT2D eigenvalue weighted by molar-refractivity contribution is 8.26. The number of nitrogens with one attached hydrogen (secondary N) is 1. The summed E-state index contributed by atoms with van der Waals surface area (Å²) in [5, 5.41) is 2.61. The predicted octanol–water partition coefficient (Wildman–Crippen LogP) is 3.35. The molecule has 1 N–H and O–H groups in total. The first-order valence-corrected chi connectivity index (χ1v) is 7.40. The average molecular weight is 293 g/mol. The zero-order chi connectivity index (χ0) is 13.7. The molecule has 3 nitrogen and oxygen atoms in total. The van der Waals surface area contributed by atoms with Gasteiger partial charge in [0.1, 0.15) is 10.1 Å². The van der Waals surface area contributed by atoms with Crippen molar-refractivity contribution in [2.45, 2.75) is 19.8 Å². The van der Waals surface area contributed by atoms with Crippen LogP contribution in [0.1, 0.15) is 25.3 Å². The second-order valence-corrected chi connectivity index (χ2v) is 5.81. The number of carbonyl (C=O) groups excluding carboxylic acids is 1. The number of thiocarbonyl (C=S) groups is 1. The summed E-state index contributed by atoms with van der Waals surface area (Å²) in [7, 11) is 0. The number of carbonyl (C=O) groups is 1. The quantitative estimate of drug-likeness (QED) is 0.513. The number of unbranched alkanes of at least 4 members (excludes halogenated alkanes) is 1. The fraction of sp³-hybridized carbons (Fsp3) is 0.286. The number of para-hydroxylation sites is 1. The number of rotatable bonds is 5. The van der Waals surface area contributed by atoms with Gasteiger partial charge in [-0.25, -0.2) is 0 Å². The van der Waals surface area contributed by atoms with Crippen LogP contribution < -0.4 is 10.1 Å². The molecular weight excluding hydrogens is 278 g/mol.